The van der Waals surface area contributed by atoms with Crippen LogP contribution in [0.15, 0.2) is 54.7 Å². The van der Waals surface area contributed by atoms with Gasteiger partial charge in [0, 0.05) is 11.8 Å². The fraction of sp³-hybridized carbons (Fsp3) is 0.0556. The van der Waals surface area contributed by atoms with Gasteiger partial charge in [-0.1, -0.05) is 18.2 Å². The fourth-order valence-electron chi connectivity index (χ4n) is 2.41. The number of pyridine rings is 2. The number of nitrogens with two attached hydrogens (primary N) is 1. The molecule has 3 aromatic rings. The van der Waals surface area contributed by atoms with Crippen LogP contribution in [0.1, 0.15) is 10.4 Å². The lowest BCUT2D eigenvalue weighted by Gasteiger charge is -2.13. The molecule has 3 rings (SSSR count). The molecule has 24 heavy (non-hydrogen) atoms. The lowest BCUT2D eigenvalue weighted by atomic mass is 9.99. The second kappa shape index (κ2) is 6.45. The van der Waals surface area contributed by atoms with Gasteiger partial charge in [-0.2, -0.15) is 0 Å². The number of benzene rings is 1. The molecule has 0 bridgehead atoms. The number of carbonyl (C=O) groups is 1. The van der Waals surface area contributed by atoms with E-state index >= 15 is 0 Å². The molecule has 2 heterocycles. The molecule has 0 saturated carbocycles. The van der Waals surface area contributed by atoms with Gasteiger partial charge in [0.25, 0.3) is 5.91 Å². The van der Waals surface area contributed by atoms with Crippen molar-refractivity contribution in [2.24, 2.45) is 5.73 Å². The molecule has 0 fully saturated rings. The van der Waals surface area contributed by atoms with Crippen LogP contribution in [-0.2, 0) is 0 Å². The first kappa shape index (κ1) is 15.6. The van der Waals surface area contributed by atoms with Gasteiger partial charge < -0.3 is 10.5 Å². The number of amides is 1. The van der Waals surface area contributed by atoms with Crippen LogP contribution < -0.4 is 10.5 Å². The maximum absolute atomic E-state index is 13.2. The maximum atomic E-state index is 13.2. The Balaban J connectivity index is 2.28. The summed E-state index contributed by atoms with van der Waals surface area (Å²) in [7, 11) is 1.41. The highest BCUT2D eigenvalue weighted by Gasteiger charge is 2.20. The van der Waals surface area contributed by atoms with Crippen LogP contribution in [0.4, 0.5) is 4.39 Å². The number of ether oxygens (including phenoxy) is 1. The molecule has 1 aromatic carbocycles. The van der Waals surface area contributed by atoms with E-state index in [1.165, 1.54) is 19.2 Å². The first-order valence-electron chi connectivity index (χ1n) is 7.16. The van der Waals surface area contributed by atoms with Crippen molar-refractivity contribution in [1.82, 2.24) is 9.97 Å². The van der Waals surface area contributed by atoms with Crippen LogP contribution in [-0.4, -0.2) is 23.0 Å². The van der Waals surface area contributed by atoms with Crippen molar-refractivity contribution in [3.63, 3.8) is 0 Å². The number of carbonyl (C=O) groups excluding carboxylic acids is 1. The minimum atomic E-state index is -0.675. The van der Waals surface area contributed by atoms with Gasteiger partial charge in [-0.25, -0.2) is 9.37 Å². The molecular formula is C18H14FN3O2. The van der Waals surface area contributed by atoms with E-state index in [9.17, 15) is 9.18 Å². The van der Waals surface area contributed by atoms with E-state index < -0.39 is 5.91 Å². The third kappa shape index (κ3) is 2.94. The predicted molar refractivity (Wildman–Crippen MR) is 87.9 cm³/mol. The standard InChI is InChI=1S/C18H14FN3O2/c1-24-18-16(17(20)23)13(11-5-7-12(19)8-6-11)10-15(22-18)14-4-2-3-9-21-14/h2-10H,1H3,(H2,20,23). The number of hydrogen-bond donors (Lipinski definition) is 1. The van der Waals surface area contributed by atoms with Gasteiger partial charge in [0.2, 0.25) is 5.88 Å². The minimum absolute atomic E-state index is 0.102. The highest BCUT2D eigenvalue weighted by Crippen LogP contribution is 2.33. The van der Waals surface area contributed by atoms with Crippen LogP contribution in [0, 0.1) is 5.82 Å². The third-order valence-corrected chi connectivity index (χ3v) is 3.51. The summed E-state index contributed by atoms with van der Waals surface area (Å²) in [6.07, 6.45) is 1.64. The van der Waals surface area contributed by atoms with Gasteiger partial charge in [-0.15, -0.1) is 0 Å². The van der Waals surface area contributed by atoms with Crippen molar-refractivity contribution < 1.29 is 13.9 Å². The Hall–Kier alpha value is -3.28. The molecule has 0 spiro atoms. The van der Waals surface area contributed by atoms with Crippen LogP contribution >= 0.6 is 0 Å². The predicted octanol–water partition coefficient (Wildman–Crippen LogP) is 3.06. The third-order valence-electron chi connectivity index (χ3n) is 3.51. The lowest BCUT2D eigenvalue weighted by Crippen LogP contribution is -2.15. The molecular weight excluding hydrogens is 309 g/mol. The number of rotatable bonds is 4. The molecule has 5 nitrogen and oxygen atoms in total. The molecule has 0 saturated heterocycles. The summed E-state index contributed by atoms with van der Waals surface area (Å²) in [4.78, 5) is 20.5. The normalized spacial score (nSPS) is 10.4. The Labute approximate surface area is 137 Å². The molecule has 0 aliphatic heterocycles. The van der Waals surface area contributed by atoms with E-state index in [2.05, 4.69) is 9.97 Å². The summed E-state index contributed by atoms with van der Waals surface area (Å²) in [5.41, 5.74) is 7.92. The van der Waals surface area contributed by atoms with Gasteiger partial charge >= 0.3 is 0 Å². The number of hydrogen-bond acceptors (Lipinski definition) is 4. The van der Waals surface area contributed by atoms with E-state index in [4.69, 9.17) is 10.5 Å². The topological polar surface area (TPSA) is 78.1 Å². The average Bonchev–Trinajstić information content (AvgIpc) is 2.61. The van der Waals surface area contributed by atoms with Crippen molar-refractivity contribution in [3.8, 4) is 28.4 Å². The molecule has 120 valence electrons. The lowest BCUT2D eigenvalue weighted by molar-refractivity contribution is 0.0997. The summed E-state index contributed by atoms with van der Waals surface area (Å²) >= 11 is 0. The monoisotopic (exact) mass is 323 g/mol. The molecule has 0 aliphatic rings. The van der Waals surface area contributed by atoms with Crippen molar-refractivity contribution >= 4 is 5.91 Å². The van der Waals surface area contributed by atoms with Gasteiger partial charge in [-0.05, 0) is 35.9 Å². The molecule has 0 atom stereocenters. The van der Waals surface area contributed by atoms with E-state index in [0.717, 1.165) is 0 Å². The molecule has 0 aliphatic carbocycles. The van der Waals surface area contributed by atoms with Gasteiger partial charge in [0.1, 0.15) is 11.4 Å². The van der Waals surface area contributed by atoms with Crippen LogP contribution in [0.2, 0.25) is 0 Å². The van der Waals surface area contributed by atoms with Crippen molar-refractivity contribution in [2.75, 3.05) is 7.11 Å². The Bertz CT molecular complexity index is 881. The van der Waals surface area contributed by atoms with Crippen molar-refractivity contribution in [2.45, 2.75) is 0 Å². The largest absolute Gasteiger partial charge is 0.480 e. The molecule has 1 amide bonds. The average molecular weight is 323 g/mol. The van der Waals surface area contributed by atoms with Crippen molar-refractivity contribution in [1.29, 1.82) is 0 Å². The SMILES string of the molecule is COc1nc(-c2ccccn2)cc(-c2ccc(F)cc2)c1C(N)=O. The zero-order valence-electron chi connectivity index (χ0n) is 12.9. The van der Waals surface area contributed by atoms with E-state index in [0.29, 0.717) is 22.5 Å². The highest BCUT2D eigenvalue weighted by molar-refractivity contribution is 6.02. The Morgan fingerprint density at radius 2 is 1.88 bits per heavy atom. The molecule has 6 heteroatoms. The summed E-state index contributed by atoms with van der Waals surface area (Å²) in [6.45, 7) is 0. The van der Waals surface area contributed by atoms with Crippen LogP contribution in [0.25, 0.3) is 22.5 Å². The van der Waals surface area contributed by atoms with E-state index in [1.54, 1.807) is 36.5 Å². The number of halogens is 1. The molecule has 2 aromatic heterocycles. The highest BCUT2D eigenvalue weighted by atomic mass is 19.1. The Morgan fingerprint density at radius 3 is 2.46 bits per heavy atom. The second-order valence-electron chi connectivity index (χ2n) is 5.03. The maximum Gasteiger partial charge on any atom is 0.254 e. The van der Waals surface area contributed by atoms with Crippen LogP contribution in [0.3, 0.4) is 0 Å². The van der Waals surface area contributed by atoms with Crippen molar-refractivity contribution in [3.05, 3.63) is 66.1 Å². The van der Waals surface area contributed by atoms with Gasteiger partial charge in [0.15, 0.2) is 0 Å². The number of primary amides is 1. The Kier molecular flexibility index (Phi) is 4.20. The summed E-state index contributed by atoms with van der Waals surface area (Å²) in [5, 5.41) is 0. The smallest absolute Gasteiger partial charge is 0.254 e. The fourth-order valence-corrected chi connectivity index (χ4v) is 2.41. The molecule has 2 N–H and O–H groups in total. The second-order valence-corrected chi connectivity index (χ2v) is 5.03. The number of aromatic nitrogens is 2. The number of methoxy groups -OCH3 is 1. The summed E-state index contributed by atoms with van der Waals surface area (Å²) in [5.74, 6) is -0.943. The first-order valence-corrected chi connectivity index (χ1v) is 7.16. The van der Waals surface area contributed by atoms with Crippen LogP contribution in [0.5, 0.6) is 5.88 Å². The van der Waals surface area contributed by atoms with Gasteiger partial charge in [0.05, 0.1) is 18.5 Å². The first-order chi connectivity index (χ1) is 11.6. The molecule has 0 unspecified atom stereocenters. The minimum Gasteiger partial charge on any atom is -0.480 e. The zero-order valence-corrected chi connectivity index (χ0v) is 12.9. The van der Waals surface area contributed by atoms with Gasteiger partial charge in [-0.3, -0.25) is 9.78 Å². The number of nitrogens with zero attached hydrogens (tertiary/aromatic N) is 2. The van der Waals surface area contributed by atoms with E-state index in [-0.39, 0.29) is 17.3 Å². The summed E-state index contributed by atoms with van der Waals surface area (Å²) in [6, 6.07) is 12.9. The summed E-state index contributed by atoms with van der Waals surface area (Å²) < 4.78 is 18.5. The molecule has 0 radical (unpaired) electrons. The quantitative estimate of drug-likeness (QED) is 0.800. The zero-order chi connectivity index (χ0) is 17.1. The van der Waals surface area contributed by atoms with E-state index in [1.807, 2.05) is 6.07 Å². The Morgan fingerprint density at radius 1 is 1.12 bits per heavy atom.